The highest BCUT2D eigenvalue weighted by Crippen LogP contribution is 2.34. The van der Waals surface area contributed by atoms with Crippen molar-refractivity contribution in [2.45, 2.75) is 33.6 Å². The molecule has 0 spiro atoms. The van der Waals surface area contributed by atoms with E-state index in [1.807, 2.05) is 12.4 Å². The molecule has 2 heterocycles. The lowest BCUT2D eigenvalue weighted by Crippen LogP contribution is -1.98. The molecule has 0 amide bonds. The smallest absolute Gasteiger partial charge is 0.103 e. The van der Waals surface area contributed by atoms with Crippen LogP contribution in [-0.2, 0) is 0 Å². The Kier molecular flexibility index (Phi) is 3.29. The minimum Gasteiger partial charge on any atom is -0.259 e. The van der Waals surface area contributed by atoms with Gasteiger partial charge in [-0.15, -0.1) is 0 Å². The summed E-state index contributed by atoms with van der Waals surface area (Å²) in [5.41, 5.74) is 3.15. The van der Waals surface area contributed by atoms with Gasteiger partial charge in [-0.05, 0) is 37.2 Å². The highest BCUT2D eigenvalue weighted by atomic mass is 35.5. The molecule has 2 nitrogen and oxygen atoms in total. The molecular formula is C13H17ClN2. The summed E-state index contributed by atoms with van der Waals surface area (Å²) in [6, 6.07) is 0. The standard InChI is InChI=1S/C13H17ClN2/c1-8-6-11(14)13-12(16-7-8)10(3)9(2)4-5-15-13/h5,7-9H,4,6H2,1-3H3. The highest BCUT2D eigenvalue weighted by Gasteiger charge is 2.21. The molecule has 0 aromatic heterocycles. The molecule has 0 aromatic rings. The minimum absolute atomic E-state index is 0.387. The zero-order chi connectivity index (χ0) is 11.7. The molecule has 0 saturated carbocycles. The fourth-order valence-electron chi connectivity index (χ4n) is 1.96. The number of halogens is 1. The predicted octanol–water partition coefficient (Wildman–Crippen LogP) is 3.93. The molecule has 3 heteroatoms. The SMILES string of the molecule is CC1=C2N=CC(C)CC(Cl)=C2N=CCC1C. The Balaban J connectivity index is 2.58. The molecule has 0 bridgehead atoms. The fourth-order valence-corrected chi connectivity index (χ4v) is 2.34. The van der Waals surface area contributed by atoms with Gasteiger partial charge in [-0.25, -0.2) is 0 Å². The van der Waals surface area contributed by atoms with Gasteiger partial charge in [-0.3, -0.25) is 9.98 Å². The first-order valence-electron chi connectivity index (χ1n) is 5.76. The van der Waals surface area contributed by atoms with Crippen molar-refractivity contribution in [2.75, 3.05) is 0 Å². The first-order valence-corrected chi connectivity index (χ1v) is 6.14. The Morgan fingerprint density at radius 2 is 2.00 bits per heavy atom. The van der Waals surface area contributed by atoms with Gasteiger partial charge in [0.1, 0.15) is 5.70 Å². The molecular weight excluding hydrogens is 220 g/mol. The largest absolute Gasteiger partial charge is 0.259 e. The molecule has 0 aromatic carbocycles. The van der Waals surface area contributed by atoms with Crippen LogP contribution >= 0.6 is 11.6 Å². The van der Waals surface area contributed by atoms with Gasteiger partial charge in [-0.2, -0.15) is 0 Å². The van der Waals surface area contributed by atoms with Crippen molar-refractivity contribution < 1.29 is 0 Å². The van der Waals surface area contributed by atoms with E-state index in [0.29, 0.717) is 11.8 Å². The fraction of sp³-hybridized carbons (Fsp3) is 0.538. The van der Waals surface area contributed by atoms with Crippen LogP contribution in [0.15, 0.2) is 32.0 Å². The Labute approximate surface area is 102 Å². The van der Waals surface area contributed by atoms with Crippen LogP contribution in [0.3, 0.4) is 0 Å². The molecule has 0 aliphatic carbocycles. The maximum absolute atomic E-state index is 6.33. The lowest BCUT2D eigenvalue weighted by molar-refractivity contribution is 0.718. The third kappa shape index (κ3) is 2.12. The molecule has 2 atom stereocenters. The van der Waals surface area contributed by atoms with Gasteiger partial charge in [0.05, 0.1) is 5.70 Å². The molecule has 86 valence electrons. The van der Waals surface area contributed by atoms with Gasteiger partial charge in [0, 0.05) is 17.5 Å². The van der Waals surface area contributed by atoms with Gasteiger partial charge in [0.25, 0.3) is 0 Å². The predicted molar refractivity (Wildman–Crippen MR) is 70.1 cm³/mol. The topological polar surface area (TPSA) is 24.7 Å². The summed E-state index contributed by atoms with van der Waals surface area (Å²) < 4.78 is 0. The van der Waals surface area contributed by atoms with E-state index < -0.39 is 0 Å². The number of hydrogen-bond acceptors (Lipinski definition) is 2. The van der Waals surface area contributed by atoms with E-state index in [1.165, 1.54) is 5.57 Å². The van der Waals surface area contributed by atoms with E-state index in [4.69, 9.17) is 11.6 Å². The zero-order valence-electron chi connectivity index (χ0n) is 10.00. The van der Waals surface area contributed by atoms with Crippen LogP contribution < -0.4 is 0 Å². The van der Waals surface area contributed by atoms with E-state index in [9.17, 15) is 0 Å². The first-order chi connectivity index (χ1) is 7.59. The van der Waals surface area contributed by atoms with Gasteiger partial charge in [0.2, 0.25) is 0 Å². The number of aliphatic imine (C=N–C) groups is 2. The maximum Gasteiger partial charge on any atom is 0.103 e. The Bertz CT molecular complexity index is 416. The van der Waals surface area contributed by atoms with Crippen molar-refractivity contribution in [1.29, 1.82) is 0 Å². The number of rotatable bonds is 0. The number of fused-ring (bicyclic) bond motifs is 1. The molecule has 16 heavy (non-hydrogen) atoms. The number of nitrogens with zero attached hydrogens (tertiary/aromatic N) is 2. The Morgan fingerprint density at radius 3 is 2.75 bits per heavy atom. The number of allylic oxidation sites excluding steroid dienone is 2. The van der Waals surface area contributed by atoms with Crippen molar-refractivity contribution in [1.82, 2.24) is 0 Å². The number of hydrogen-bond donors (Lipinski definition) is 0. The van der Waals surface area contributed by atoms with E-state index in [1.54, 1.807) is 0 Å². The summed E-state index contributed by atoms with van der Waals surface area (Å²) in [6.45, 7) is 6.46. The Morgan fingerprint density at radius 1 is 1.25 bits per heavy atom. The van der Waals surface area contributed by atoms with E-state index in [-0.39, 0.29) is 0 Å². The summed E-state index contributed by atoms with van der Waals surface area (Å²) in [5.74, 6) is 0.879. The second kappa shape index (κ2) is 4.54. The summed E-state index contributed by atoms with van der Waals surface area (Å²) in [5, 5.41) is 0.838. The molecule has 2 unspecified atom stereocenters. The van der Waals surface area contributed by atoms with Crippen molar-refractivity contribution in [3.8, 4) is 0 Å². The van der Waals surface area contributed by atoms with Crippen LogP contribution in [0, 0.1) is 11.8 Å². The molecule has 2 rings (SSSR count). The average Bonchev–Trinajstić information content (AvgIpc) is 2.45. The third-order valence-electron chi connectivity index (χ3n) is 3.23. The second-order valence-electron chi connectivity index (χ2n) is 4.69. The average molecular weight is 237 g/mol. The lowest BCUT2D eigenvalue weighted by atomic mass is 9.98. The molecule has 0 saturated heterocycles. The van der Waals surface area contributed by atoms with E-state index >= 15 is 0 Å². The summed E-state index contributed by atoms with van der Waals surface area (Å²) in [7, 11) is 0. The van der Waals surface area contributed by atoms with Crippen LogP contribution in [0.25, 0.3) is 0 Å². The highest BCUT2D eigenvalue weighted by molar-refractivity contribution is 6.30. The second-order valence-corrected chi connectivity index (χ2v) is 5.15. The van der Waals surface area contributed by atoms with Crippen LogP contribution in [-0.4, -0.2) is 12.4 Å². The minimum atomic E-state index is 0.387. The van der Waals surface area contributed by atoms with Gasteiger partial charge in [0.15, 0.2) is 0 Å². The summed E-state index contributed by atoms with van der Waals surface area (Å²) in [6.07, 6.45) is 5.75. The quantitative estimate of drug-likeness (QED) is 0.609. The van der Waals surface area contributed by atoms with Gasteiger partial charge >= 0.3 is 0 Å². The van der Waals surface area contributed by atoms with Crippen molar-refractivity contribution in [3.05, 3.63) is 22.0 Å². The molecule has 0 N–H and O–H groups in total. The zero-order valence-corrected chi connectivity index (χ0v) is 10.8. The molecule has 2 aliphatic rings. The summed E-state index contributed by atoms with van der Waals surface area (Å²) >= 11 is 6.33. The summed E-state index contributed by atoms with van der Waals surface area (Å²) in [4.78, 5) is 9.04. The van der Waals surface area contributed by atoms with Crippen molar-refractivity contribution in [2.24, 2.45) is 21.8 Å². The van der Waals surface area contributed by atoms with Crippen LogP contribution in [0.5, 0.6) is 0 Å². The molecule has 0 radical (unpaired) electrons. The van der Waals surface area contributed by atoms with E-state index in [2.05, 4.69) is 30.8 Å². The van der Waals surface area contributed by atoms with Crippen LogP contribution in [0.1, 0.15) is 33.6 Å². The van der Waals surface area contributed by atoms with Gasteiger partial charge in [-0.1, -0.05) is 25.4 Å². The normalized spacial score (nSPS) is 30.2. The molecule has 0 fully saturated rings. The molecule has 2 aliphatic heterocycles. The first kappa shape index (κ1) is 11.6. The van der Waals surface area contributed by atoms with Crippen molar-refractivity contribution in [3.63, 3.8) is 0 Å². The Hall–Kier alpha value is -0.890. The van der Waals surface area contributed by atoms with Crippen LogP contribution in [0.4, 0.5) is 0 Å². The van der Waals surface area contributed by atoms with Gasteiger partial charge < -0.3 is 0 Å². The lowest BCUT2D eigenvalue weighted by Gasteiger charge is -2.10. The maximum atomic E-state index is 6.33. The third-order valence-corrected chi connectivity index (χ3v) is 3.57. The monoisotopic (exact) mass is 236 g/mol. The van der Waals surface area contributed by atoms with Crippen molar-refractivity contribution >= 4 is 24.0 Å². The van der Waals surface area contributed by atoms with E-state index in [0.717, 1.165) is 29.3 Å². The van der Waals surface area contributed by atoms with Crippen LogP contribution in [0.2, 0.25) is 0 Å².